The highest BCUT2D eigenvalue weighted by molar-refractivity contribution is 5.82. The zero-order chi connectivity index (χ0) is 15.7. The summed E-state index contributed by atoms with van der Waals surface area (Å²) in [5, 5.41) is 11.5. The van der Waals surface area contributed by atoms with Crippen LogP contribution >= 0.6 is 0 Å². The van der Waals surface area contributed by atoms with Crippen LogP contribution in [-0.4, -0.2) is 52.9 Å². The van der Waals surface area contributed by atoms with E-state index in [1.54, 1.807) is 18.3 Å². The van der Waals surface area contributed by atoms with Gasteiger partial charge < -0.3 is 19.3 Å². The van der Waals surface area contributed by atoms with Gasteiger partial charge in [0.05, 0.1) is 19.7 Å². The fourth-order valence-corrected chi connectivity index (χ4v) is 2.80. The van der Waals surface area contributed by atoms with E-state index in [-0.39, 0.29) is 37.7 Å². The topological polar surface area (TPSA) is 71.8 Å². The Morgan fingerprint density at radius 3 is 2.77 bits per heavy atom. The van der Waals surface area contributed by atoms with Gasteiger partial charge in [-0.05, 0) is 17.5 Å². The number of fused-ring (bicyclic) bond motifs is 1. The number of benzene rings is 1. The fraction of sp³-hybridized carbons (Fsp3) is 0.375. The van der Waals surface area contributed by atoms with Crippen molar-refractivity contribution in [2.75, 3.05) is 26.8 Å². The van der Waals surface area contributed by atoms with Gasteiger partial charge in [-0.25, -0.2) is 0 Å². The van der Waals surface area contributed by atoms with Crippen LogP contribution in [0.5, 0.6) is 0 Å². The Kier molecular flexibility index (Phi) is 3.72. The average molecular weight is 302 g/mol. The normalized spacial score (nSPS) is 16.5. The predicted molar refractivity (Wildman–Crippen MR) is 81.6 cm³/mol. The number of aliphatic hydroxyl groups is 1. The second-order valence-electron chi connectivity index (χ2n) is 5.74. The summed E-state index contributed by atoms with van der Waals surface area (Å²) < 4.78 is 6.32. The number of methoxy groups -OCH3 is 1. The molecule has 22 heavy (non-hydrogen) atoms. The van der Waals surface area contributed by atoms with Crippen molar-refractivity contribution >= 4 is 16.7 Å². The Morgan fingerprint density at radius 2 is 2.05 bits per heavy atom. The highest BCUT2D eigenvalue weighted by Gasteiger charge is 2.43. The Labute approximate surface area is 127 Å². The lowest BCUT2D eigenvalue weighted by Crippen LogP contribution is -2.66. The summed E-state index contributed by atoms with van der Waals surface area (Å²) in [5.74, 6) is -0.182. The van der Waals surface area contributed by atoms with Crippen LogP contribution in [0, 0.1) is 0 Å². The van der Waals surface area contributed by atoms with Gasteiger partial charge in [-0.2, -0.15) is 0 Å². The van der Waals surface area contributed by atoms with Crippen LogP contribution in [-0.2, 0) is 16.1 Å². The summed E-state index contributed by atoms with van der Waals surface area (Å²) in [6.45, 7) is 0.656. The summed E-state index contributed by atoms with van der Waals surface area (Å²) in [6.07, 6.45) is 1.63. The molecule has 0 unspecified atom stereocenters. The highest BCUT2D eigenvalue weighted by atomic mass is 16.5. The minimum absolute atomic E-state index is 0.0211. The number of hydrogen-bond donors (Lipinski definition) is 1. The van der Waals surface area contributed by atoms with Crippen molar-refractivity contribution in [3.63, 3.8) is 0 Å². The number of rotatable bonds is 4. The minimum Gasteiger partial charge on any atom is -0.384 e. The van der Waals surface area contributed by atoms with Crippen molar-refractivity contribution in [2.24, 2.45) is 0 Å². The first-order valence-electron chi connectivity index (χ1n) is 7.10. The summed E-state index contributed by atoms with van der Waals surface area (Å²) in [5.41, 5.74) is -1.14. The largest absolute Gasteiger partial charge is 0.384 e. The summed E-state index contributed by atoms with van der Waals surface area (Å²) in [7, 11) is 1.51. The van der Waals surface area contributed by atoms with Gasteiger partial charge in [0.25, 0.3) is 5.56 Å². The molecular formula is C16H18N2O4. The van der Waals surface area contributed by atoms with Gasteiger partial charge in [-0.3, -0.25) is 9.59 Å². The second-order valence-corrected chi connectivity index (χ2v) is 5.74. The van der Waals surface area contributed by atoms with Crippen molar-refractivity contribution in [1.82, 2.24) is 9.47 Å². The molecule has 1 amide bonds. The molecule has 1 N–H and O–H groups in total. The highest BCUT2D eigenvalue weighted by Crippen LogP contribution is 2.21. The number of carbonyl (C=O) groups excluding carboxylic acids is 1. The van der Waals surface area contributed by atoms with Crippen LogP contribution in [0.4, 0.5) is 0 Å². The van der Waals surface area contributed by atoms with E-state index in [0.29, 0.717) is 5.39 Å². The smallest absolute Gasteiger partial charge is 0.258 e. The lowest BCUT2D eigenvalue weighted by Gasteiger charge is -2.45. The van der Waals surface area contributed by atoms with Gasteiger partial charge in [-0.15, -0.1) is 0 Å². The summed E-state index contributed by atoms with van der Waals surface area (Å²) >= 11 is 0. The van der Waals surface area contributed by atoms with Crippen LogP contribution in [0.3, 0.4) is 0 Å². The Morgan fingerprint density at radius 1 is 1.32 bits per heavy atom. The number of likely N-dealkylation sites (tertiary alicyclic amines) is 1. The first-order chi connectivity index (χ1) is 10.5. The molecule has 6 heteroatoms. The molecule has 0 saturated carbocycles. The van der Waals surface area contributed by atoms with E-state index in [9.17, 15) is 14.7 Å². The van der Waals surface area contributed by atoms with E-state index in [1.807, 2.05) is 18.2 Å². The number of amides is 1. The number of nitrogens with zero attached hydrogens (tertiary/aromatic N) is 2. The monoisotopic (exact) mass is 302 g/mol. The molecule has 1 saturated heterocycles. The number of β-amino-alcohol motifs (C(OH)–C–C–N with tert-alkyl or cyclic N) is 1. The van der Waals surface area contributed by atoms with Crippen molar-refractivity contribution in [3.05, 3.63) is 46.9 Å². The summed E-state index contributed by atoms with van der Waals surface area (Å²) in [4.78, 5) is 26.1. The molecule has 0 radical (unpaired) electrons. The van der Waals surface area contributed by atoms with Gasteiger partial charge in [0.1, 0.15) is 12.1 Å². The number of hydrogen-bond acceptors (Lipinski definition) is 4. The lowest BCUT2D eigenvalue weighted by atomic mass is 9.95. The molecule has 2 aromatic rings. The van der Waals surface area contributed by atoms with E-state index < -0.39 is 5.60 Å². The third kappa shape index (κ3) is 2.63. The van der Waals surface area contributed by atoms with Gasteiger partial charge in [0, 0.05) is 18.7 Å². The third-order valence-electron chi connectivity index (χ3n) is 3.93. The molecule has 2 heterocycles. The molecule has 116 valence electrons. The number of aromatic nitrogens is 1. The zero-order valence-electron chi connectivity index (χ0n) is 12.4. The van der Waals surface area contributed by atoms with Gasteiger partial charge in [-0.1, -0.05) is 18.2 Å². The van der Waals surface area contributed by atoms with E-state index >= 15 is 0 Å². The van der Waals surface area contributed by atoms with Gasteiger partial charge in [0.2, 0.25) is 5.91 Å². The van der Waals surface area contributed by atoms with Crippen LogP contribution < -0.4 is 5.56 Å². The van der Waals surface area contributed by atoms with E-state index in [1.165, 1.54) is 16.6 Å². The maximum atomic E-state index is 12.3. The second kappa shape index (κ2) is 5.55. The van der Waals surface area contributed by atoms with Crippen LogP contribution in [0.2, 0.25) is 0 Å². The lowest BCUT2D eigenvalue weighted by molar-refractivity contribution is -0.165. The number of carbonyl (C=O) groups is 1. The molecule has 6 nitrogen and oxygen atoms in total. The molecule has 1 aliphatic rings. The molecule has 1 aliphatic heterocycles. The van der Waals surface area contributed by atoms with Crippen LogP contribution in [0.25, 0.3) is 10.8 Å². The first-order valence-corrected chi connectivity index (χ1v) is 7.10. The van der Waals surface area contributed by atoms with Crippen molar-refractivity contribution < 1.29 is 14.6 Å². The summed E-state index contributed by atoms with van der Waals surface area (Å²) in [6, 6.07) is 9.11. The number of pyridine rings is 1. The first kappa shape index (κ1) is 14.7. The molecule has 0 bridgehead atoms. The molecule has 1 fully saturated rings. The maximum absolute atomic E-state index is 12.3. The molecule has 0 atom stereocenters. The SMILES string of the molecule is COCC1(O)CN(C(=O)Cn2ccc3ccccc3c2=O)C1. The third-order valence-corrected chi connectivity index (χ3v) is 3.93. The van der Waals surface area contributed by atoms with E-state index in [4.69, 9.17) is 4.74 Å². The standard InChI is InChI=1S/C16H18N2O4/c1-22-11-16(21)9-18(10-16)14(19)8-17-7-6-12-4-2-3-5-13(12)15(17)20/h2-7,21H,8-11H2,1H3. The van der Waals surface area contributed by atoms with E-state index in [2.05, 4.69) is 0 Å². The fourth-order valence-electron chi connectivity index (χ4n) is 2.80. The van der Waals surface area contributed by atoms with Crippen molar-refractivity contribution in [2.45, 2.75) is 12.1 Å². The minimum atomic E-state index is -0.960. The van der Waals surface area contributed by atoms with Crippen LogP contribution in [0.15, 0.2) is 41.3 Å². The molecule has 0 spiro atoms. The zero-order valence-corrected chi connectivity index (χ0v) is 12.4. The molecular weight excluding hydrogens is 284 g/mol. The molecule has 3 rings (SSSR count). The predicted octanol–water partition coefficient (Wildman–Crippen LogP) is 0.221. The Balaban J connectivity index is 1.73. The average Bonchev–Trinajstić information content (AvgIpc) is 2.48. The van der Waals surface area contributed by atoms with Crippen molar-refractivity contribution in [1.29, 1.82) is 0 Å². The van der Waals surface area contributed by atoms with Gasteiger partial charge in [0.15, 0.2) is 0 Å². The van der Waals surface area contributed by atoms with Gasteiger partial charge >= 0.3 is 0 Å². The quantitative estimate of drug-likeness (QED) is 0.877. The van der Waals surface area contributed by atoms with E-state index in [0.717, 1.165) is 5.39 Å². The maximum Gasteiger partial charge on any atom is 0.258 e. The Hall–Kier alpha value is -2.18. The van der Waals surface area contributed by atoms with Crippen molar-refractivity contribution in [3.8, 4) is 0 Å². The number of ether oxygens (including phenoxy) is 1. The molecule has 0 aliphatic carbocycles. The Bertz CT molecular complexity index is 762. The molecule has 1 aromatic carbocycles. The van der Waals surface area contributed by atoms with Crippen LogP contribution in [0.1, 0.15) is 0 Å². The molecule has 1 aromatic heterocycles.